The van der Waals surface area contributed by atoms with E-state index in [1.807, 2.05) is 6.07 Å². The third kappa shape index (κ3) is 3.08. The van der Waals surface area contributed by atoms with E-state index < -0.39 is 0 Å². The Morgan fingerprint density at radius 2 is 1.79 bits per heavy atom. The molecule has 19 heavy (non-hydrogen) atoms. The number of aromatic amines is 1. The molecule has 0 amide bonds. The van der Waals surface area contributed by atoms with Crippen LogP contribution in [0, 0.1) is 0 Å². The first-order chi connectivity index (χ1) is 9.33. The van der Waals surface area contributed by atoms with E-state index in [1.165, 1.54) is 56.9 Å². The average molecular weight is 260 g/mol. The molecule has 0 radical (unpaired) electrons. The minimum absolute atomic E-state index is 0.0360. The van der Waals surface area contributed by atoms with E-state index in [1.54, 1.807) is 6.07 Å². The van der Waals surface area contributed by atoms with Crippen LogP contribution in [-0.2, 0) is 6.42 Å². The smallest absolute Gasteiger partial charge is 0.248 e. The molecule has 0 spiro atoms. The molecule has 0 bridgehead atoms. The summed E-state index contributed by atoms with van der Waals surface area (Å²) in [4.78, 5) is 14.4. The van der Waals surface area contributed by atoms with Crippen molar-refractivity contribution in [2.75, 3.05) is 0 Å². The maximum Gasteiger partial charge on any atom is 0.248 e. The van der Waals surface area contributed by atoms with Crippen LogP contribution in [-0.4, -0.2) is 11.0 Å². The molecule has 3 rings (SSSR count). The molecule has 3 nitrogen and oxygen atoms in total. The maximum absolute atomic E-state index is 11.4. The first-order valence-corrected chi connectivity index (χ1v) is 7.81. The summed E-state index contributed by atoms with van der Waals surface area (Å²) in [6.45, 7) is 0. The predicted octanol–water partition coefficient (Wildman–Crippen LogP) is 3.06. The molecule has 1 saturated carbocycles. The fourth-order valence-electron chi connectivity index (χ4n) is 3.60. The summed E-state index contributed by atoms with van der Waals surface area (Å²) in [7, 11) is 0. The molecule has 2 aliphatic carbocycles. The number of hydrogen-bond donors (Lipinski definition) is 2. The molecule has 0 saturated heterocycles. The molecule has 2 N–H and O–H groups in total. The van der Waals surface area contributed by atoms with Crippen LogP contribution in [0.1, 0.15) is 68.7 Å². The molecule has 1 aromatic heterocycles. The van der Waals surface area contributed by atoms with E-state index in [0.717, 1.165) is 12.1 Å². The number of H-pyrrole nitrogens is 1. The Kier molecular flexibility index (Phi) is 4.02. The van der Waals surface area contributed by atoms with Gasteiger partial charge in [-0.3, -0.25) is 4.79 Å². The molecular weight excluding hydrogens is 236 g/mol. The number of fused-ring (bicyclic) bond motifs is 1. The zero-order chi connectivity index (χ0) is 13.1. The Hall–Kier alpha value is -1.09. The van der Waals surface area contributed by atoms with Crippen molar-refractivity contribution in [3.05, 3.63) is 33.7 Å². The molecule has 1 unspecified atom stereocenters. The summed E-state index contributed by atoms with van der Waals surface area (Å²) < 4.78 is 0. The van der Waals surface area contributed by atoms with Crippen molar-refractivity contribution in [2.24, 2.45) is 0 Å². The fraction of sp³-hybridized carbons (Fsp3) is 0.688. The molecule has 3 heteroatoms. The Morgan fingerprint density at radius 1 is 1.00 bits per heavy atom. The van der Waals surface area contributed by atoms with Crippen LogP contribution in [0.15, 0.2) is 16.9 Å². The predicted molar refractivity (Wildman–Crippen MR) is 77.4 cm³/mol. The fourth-order valence-corrected chi connectivity index (χ4v) is 3.60. The van der Waals surface area contributed by atoms with Crippen molar-refractivity contribution < 1.29 is 0 Å². The van der Waals surface area contributed by atoms with Gasteiger partial charge in [-0.1, -0.05) is 31.7 Å². The van der Waals surface area contributed by atoms with Crippen LogP contribution in [0.5, 0.6) is 0 Å². The monoisotopic (exact) mass is 260 g/mol. The lowest BCUT2D eigenvalue weighted by Gasteiger charge is -2.30. The summed E-state index contributed by atoms with van der Waals surface area (Å²) in [5.41, 5.74) is 2.52. The second kappa shape index (κ2) is 5.91. The van der Waals surface area contributed by atoms with Crippen molar-refractivity contribution in [1.82, 2.24) is 10.3 Å². The van der Waals surface area contributed by atoms with E-state index in [9.17, 15) is 4.79 Å². The Bertz CT molecular complexity index is 472. The van der Waals surface area contributed by atoms with Crippen LogP contribution >= 0.6 is 0 Å². The standard InChI is InChI=1S/C16H24N2O/c19-16-11-10-13-14(8-5-9-15(13)18-16)17-12-6-3-1-2-4-7-12/h10-12,14,17H,1-9H2,(H,18,19). The highest BCUT2D eigenvalue weighted by Gasteiger charge is 2.23. The van der Waals surface area contributed by atoms with Crippen molar-refractivity contribution in [3.63, 3.8) is 0 Å². The zero-order valence-electron chi connectivity index (χ0n) is 11.6. The number of pyridine rings is 1. The van der Waals surface area contributed by atoms with Crippen LogP contribution in [0.3, 0.4) is 0 Å². The first kappa shape index (κ1) is 12.9. The second-order valence-corrected chi connectivity index (χ2v) is 6.06. The van der Waals surface area contributed by atoms with E-state index in [2.05, 4.69) is 10.3 Å². The van der Waals surface area contributed by atoms with Crippen molar-refractivity contribution in [2.45, 2.75) is 69.9 Å². The Balaban J connectivity index is 1.74. The molecule has 0 aliphatic heterocycles. The Labute approximate surface area is 114 Å². The number of nitrogens with one attached hydrogen (secondary N) is 2. The zero-order valence-corrected chi connectivity index (χ0v) is 11.6. The SMILES string of the molecule is O=c1ccc2c([nH]1)CCCC2NC1CCCCCC1. The number of aryl methyl sites for hydroxylation is 1. The van der Waals surface area contributed by atoms with Gasteiger partial charge in [0.15, 0.2) is 0 Å². The average Bonchev–Trinajstić information content (AvgIpc) is 2.67. The third-order valence-electron chi connectivity index (χ3n) is 4.62. The van der Waals surface area contributed by atoms with Crippen LogP contribution in [0.2, 0.25) is 0 Å². The van der Waals surface area contributed by atoms with Gasteiger partial charge in [-0.15, -0.1) is 0 Å². The van der Waals surface area contributed by atoms with Gasteiger partial charge in [0, 0.05) is 23.8 Å². The van der Waals surface area contributed by atoms with E-state index >= 15 is 0 Å². The molecular formula is C16H24N2O. The van der Waals surface area contributed by atoms with Crippen LogP contribution < -0.4 is 10.9 Å². The highest BCUT2D eigenvalue weighted by atomic mass is 16.1. The number of hydrogen-bond acceptors (Lipinski definition) is 2. The molecule has 1 heterocycles. The van der Waals surface area contributed by atoms with Crippen LogP contribution in [0.4, 0.5) is 0 Å². The molecule has 104 valence electrons. The summed E-state index contributed by atoms with van der Waals surface area (Å²) in [5.74, 6) is 0. The summed E-state index contributed by atoms with van der Waals surface area (Å²) >= 11 is 0. The number of aromatic nitrogens is 1. The first-order valence-electron chi connectivity index (χ1n) is 7.81. The van der Waals surface area contributed by atoms with Gasteiger partial charge >= 0.3 is 0 Å². The topological polar surface area (TPSA) is 44.9 Å². The lowest BCUT2D eigenvalue weighted by Crippen LogP contribution is -2.35. The highest BCUT2D eigenvalue weighted by molar-refractivity contribution is 5.26. The van der Waals surface area contributed by atoms with E-state index in [0.29, 0.717) is 12.1 Å². The van der Waals surface area contributed by atoms with E-state index in [4.69, 9.17) is 0 Å². The summed E-state index contributed by atoms with van der Waals surface area (Å²) in [5, 5.41) is 3.85. The lowest BCUT2D eigenvalue weighted by molar-refractivity contribution is 0.365. The molecule has 1 aromatic rings. The molecule has 2 aliphatic rings. The van der Waals surface area contributed by atoms with Gasteiger partial charge in [0.2, 0.25) is 5.56 Å². The molecule has 1 atom stereocenters. The quantitative estimate of drug-likeness (QED) is 0.803. The van der Waals surface area contributed by atoms with Gasteiger partial charge in [0.25, 0.3) is 0 Å². The lowest BCUT2D eigenvalue weighted by atomic mass is 9.90. The van der Waals surface area contributed by atoms with Gasteiger partial charge in [-0.05, 0) is 37.7 Å². The largest absolute Gasteiger partial charge is 0.326 e. The normalized spacial score (nSPS) is 24.7. The second-order valence-electron chi connectivity index (χ2n) is 6.06. The minimum Gasteiger partial charge on any atom is -0.326 e. The number of rotatable bonds is 2. The van der Waals surface area contributed by atoms with Crippen molar-refractivity contribution >= 4 is 0 Å². The van der Waals surface area contributed by atoms with Gasteiger partial charge in [0.1, 0.15) is 0 Å². The van der Waals surface area contributed by atoms with Crippen LogP contribution in [0.25, 0.3) is 0 Å². The van der Waals surface area contributed by atoms with Crippen molar-refractivity contribution in [1.29, 1.82) is 0 Å². The molecule has 0 aromatic carbocycles. The maximum atomic E-state index is 11.4. The van der Waals surface area contributed by atoms with E-state index in [-0.39, 0.29) is 5.56 Å². The highest BCUT2D eigenvalue weighted by Crippen LogP contribution is 2.29. The van der Waals surface area contributed by atoms with Gasteiger partial charge in [-0.25, -0.2) is 0 Å². The van der Waals surface area contributed by atoms with Gasteiger partial charge in [0.05, 0.1) is 0 Å². The molecule has 1 fully saturated rings. The van der Waals surface area contributed by atoms with Gasteiger partial charge < -0.3 is 10.3 Å². The van der Waals surface area contributed by atoms with Gasteiger partial charge in [-0.2, -0.15) is 0 Å². The third-order valence-corrected chi connectivity index (χ3v) is 4.62. The van der Waals surface area contributed by atoms with Crippen molar-refractivity contribution in [3.8, 4) is 0 Å². The summed E-state index contributed by atoms with van der Waals surface area (Å²) in [6.07, 6.45) is 11.6. The summed E-state index contributed by atoms with van der Waals surface area (Å²) in [6, 6.07) is 4.82. The minimum atomic E-state index is 0.0360. The Morgan fingerprint density at radius 3 is 2.58 bits per heavy atom.